The van der Waals surface area contributed by atoms with Crippen LogP contribution in [0.5, 0.6) is 5.75 Å². The zero-order valence-electron chi connectivity index (χ0n) is 8.83. The summed E-state index contributed by atoms with van der Waals surface area (Å²) in [5.74, 6) is 1.54. The third-order valence-electron chi connectivity index (χ3n) is 2.82. The summed E-state index contributed by atoms with van der Waals surface area (Å²) in [6.07, 6.45) is 2.22. The summed E-state index contributed by atoms with van der Waals surface area (Å²) >= 11 is 3.51. The lowest BCUT2D eigenvalue weighted by molar-refractivity contribution is 0.0853. The Kier molecular flexibility index (Phi) is 3.65. The van der Waals surface area contributed by atoms with Crippen LogP contribution < -0.4 is 4.74 Å². The van der Waals surface area contributed by atoms with Crippen molar-refractivity contribution < 1.29 is 9.47 Å². The molecule has 0 aromatic heterocycles. The van der Waals surface area contributed by atoms with Crippen molar-refractivity contribution in [3.8, 4) is 5.75 Å². The lowest BCUT2D eigenvalue weighted by atomic mass is 9.92. The normalized spacial score (nSPS) is 17.7. The maximum atomic E-state index is 5.37. The van der Waals surface area contributed by atoms with Gasteiger partial charge in [0.2, 0.25) is 0 Å². The van der Waals surface area contributed by atoms with Gasteiger partial charge in [-0.3, -0.25) is 0 Å². The quantitative estimate of drug-likeness (QED) is 0.821. The van der Waals surface area contributed by atoms with Crippen LogP contribution in [-0.2, 0) is 4.74 Å². The molecular formula is C12H15BrO2. The average molecular weight is 271 g/mol. The first-order chi connectivity index (χ1) is 7.29. The fraction of sp³-hybridized carbons (Fsp3) is 0.500. The molecule has 0 unspecified atom stereocenters. The minimum absolute atomic E-state index is 0.616. The van der Waals surface area contributed by atoms with E-state index in [1.54, 1.807) is 7.11 Å². The van der Waals surface area contributed by atoms with Crippen molar-refractivity contribution in [2.75, 3.05) is 20.3 Å². The van der Waals surface area contributed by atoms with Crippen LogP contribution in [0.3, 0.4) is 0 Å². The van der Waals surface area contributed by atoms with Crippen LogP contribution in [-0.4, -0.2) is 20.3 Å². The molecule has 2 nitrogen and oxygen atoms in total. The third kappa shape index (κ3) is 2.73. The van der Waals surface area contributed by atoms with E-state index >= 15 is 0 Å². The largest absolute Gasteiger partial charge is 0.497 e. The van der Waals surface area contributed by atoms with Crippen LogP contribution in [0.4, 0.5) is 0 Å². The molecule has 0 aliphatic carbocycles. The van der Waals surface area contributed by atoms with Crippen molar-refractivity contribution in [3.63, 3.8) is 0 Å². The van der Waals surface area contributed by atoms with Gasteiger partial charge >= 0.3 is 0 Å². The van der Waals surface area contributed by atoms with E-state index < -0.39 is 0 Å². The van der Waals surface area contributed by atoms with Gasteiger partial charge in [0.1, 0.15) is 5.75 Å². The molecule has 0 radical (unpaired) electrons. The Bertz CT molecular complexity index is 332. The molecule has 1 aliphatic rings. The van der Waals surface area contributed by atoms with Crippen molar-refractivity contribution in [2.24, 2.45) is 0 Å². The number of benzene rings is 1. The van der Waals surface area contributed by atoms with Crippen LogP contribution in [0.25, 0.3) is 0 Å². The number of hydrogen-bond donors (Lipinski definition) is 0. The average Bonchev–Trinajstić information content (AvgIpc) is 2.29. The number of rotatable bonds is 2. The van der Waals surface area contributed by atoms with Gasteiger partial charge in [0.25, 0.3) is 0 Å². The first-order valence-electron chi connectivity index (χ1n) is 5.22. The lowest BCUT2D eigenvalue weighted by Gasteiger charge is -2.22. The smallest absolute Gasteiger partial charge is 0.120 e. The summed E-state index contributed by atoms with van der Waals surface area (Å²) < 4.78 is 11.7. The molecule has 0 amide bonds. The highest BCUT2D eigenvalue weighted by molar-refractivity contribution is 9.10. The third-order valence-corrected chi connectivity index (χ3v) is 3.28. The predicted molar refractivity (Wildman–Crippen MR) is 63.5 cm³/mol. The van der Waals surface area contributed by atoms with Gasteiger partial charge in [0.05, 0.1) is 7.11 Å². The Morgan fingerprint density at radius 2 is 2.00 bits per heavy atom. The van der Waals surface area contributed by atoms with Gasteiger partial charge in [0, 0.05) is 17.7 Å². The van der Waals surface area contributed by atoms with Crippen LogP contribution >= 0.6 is 15.9 Å². The molecule has 82 valence electrons. The SMILES string of the molecule is COc1cc(Br)cc(C2CCOCC2)c1. The Morgan fingerprint density at radius 3 is 2.67 bits per heavy atom. The van der Waals surface area contributed by atoms with Crippen molar-refractivity contribution in [1.29, 1.82) is 0 Å². The monoisotopic (exact) mass is 270 g/mol. The first kappa shape index (κ1) is 11.0. The standard InChI is InChI=1S/C12H15BrO2/c1-14-12-7-10(6-11(13)8-12)9-2-4-15-5-3-9/h6-9H,2-5H2,1H3. The second-order valence-electron chi connectivity index (χ2n) is 3.81. The molecule has 1 aromatic carbocycles. The molecule has 2 rings (SSSR count). The number of halogens is 1. The highest BCUT2D eigenvalue weighted by Gasteiger charge is 2.16. The van der Waals surface area contributed by atoms with Crippen molar-refractivity contribution >= 4 is 15.9 Å². The van der Waals surface area contributed by atoms with Crippen molar-refractivity contribution in [3.05, 3.63) is 28.2 Å². The van der Waals surface area contributed by atoms with E-state index in [1.165, 1.54) is 5.56 Å². The van der Waals surface area contributed by atoms with Gasteiger partial charge < -0.3 is 9.47 Å². The molecule has 0 atom stereocenters. The predicted octanol–water partition coefficient (Wildman–Crippen LogP) is 3.35. The van der Waals surface area contributed by atoms with Gasteiger partial charge in [-0.05, 0) is 42.5 Å². The minimum atomic E-state index is 0.616. The summed E-state index contributed by atoms with van der Waals surface area (Å²) in [7, 11) is 1.70. The van der Waals surface area contributed by atoms with Crippen molar-refractivity contribution in [1.82, 2.24) is 0 Å². The summed E-state index contributed by atoms with van der Waals surface area (Å²) in [5.41, 5.74) is 1.35. The van der Waals surface area contributed by atoms with Gasteiger partial charge in [-0.1, -0.05) is 15.9 Å². The van der Waals surface area contributed by atoms with E-state index in [2.05, 4.69) is 28.1 Å². The highest BCUT2D eigenvalue weighted by atomic mass is 79.9. The maximum absolute atomic E-state index is 5.37. The summed E-state index contributed by atoms with van der Waals surface area (Å²) in [5, 5.41) is 0. The van der Waals surface area contributed by atoms with Crippen LogP contribution in [0.2, 0.25) is 0 Å². The number of hydrogen-bond acceptors (Lipinski definition) is 2. The molecule has 0 spiro atoms. The van der Waals surface area contributed by atoms with E-state index in [-0.39, 0.29) is 0 Å². The van der Waals surface area contributed by atoms with Gasteiger partial charge in [-0.15, -0.1) is 0 Å². The molecule has 0 saturated carbocycles. The first-order valence-corrected chi connectivity index (χ1v) is 6.01. The van der Waals surface area contributed by atoms with E-state index in [1.807, 2.05) is 6.07 Å². The summed E-state index contributed by atoms with van der Waals surface area (Å²) in [6, 6.07) is 6.29. The van der Waals surface area contributed by atoms with Gasteiger partial charge in [0.15, 0.2) is 0 Å². The van der Waals surface area contributed by atoms with Crippen LogP contribution in [0.15, 0.2) is 22.7 Å². The Hall–Kier alpha value is -0.540. The summed E-state index contributed by atoms with van der Waals surface area (Å²) in [4.78, 5) is 0. The lowest BCUT2D eigenvalue weighted by Crippen LogP contribution is -2.14. The molecule has 1 saturated heterocycles. The van der Waals surface area contributed by atoms with E-state index in [0.29, 0.717) is 5.92 Å². The molecule has 1 aromatic rings. The van der Waals surface area contributed by atoms with Gasteiger partial charge in [-0.25, -0.2) is 0 Å². The molecule has 3 heteroatoms. The van der Waals surface area contributed by atoms with Gasteiger partial charge in [-0.2, -0.15) is 0 Å². The molecular weight excluding hydrogens is 256 g/mol. The molecule has 1 fully saturated rings. The fourth-order valence-electron chi connectivity index (χ4n) is 1.97. The van der Waals surface area contributed by atoms with E-state index in [0.717, 1.165) is 36.3 Å². The Balaban J connectivity index is 2.22. The fourth-order valence-corrected chi connectivity index (χ4v) is 2.46. The second-order valence-corrected chi connectivity index (χ2v) is 4.73. The van der Waals surface area contributed by atoms with E-state index in [9.17, 15) is 0 Å². The minimum Gasteiger partial charge on any atom is -0.497 e. The summed E-state index contributed by atoms with van der Waals surface area (Å²) in [6.45, 7) is 1.75. The zero-order valence-corrected chi connectivity index (χ0v) is 10.4. The molecule has 1 aliphatic heterocycles. The van der Waals surface area contributed by atoms with Crippen LogP contribution in [0.1, 0.15) is 24.3 Å². The maximum Gasteiger partial charge on any atom is 0.120 e. The zero-order chi connectivity index (χ0) is 10.7. The second kappa shape index (κ2) is 4.99. The molecule has 1 heterocycles. The Labute approximate surface area is 98.7 Å². The Morgan fingerprint density at radius 1 is 1.27 bits per heavy atom. The molecule has 0 N–H and O–H groups in total. The number of ether oxygens (including phenoxy) is 2. The number of methoxy groups -OCH3 is 1. The van der Waals surface area contributed by atoms with Crippen LogP contribution in [0, 0.1) is 0 Å². The molecule has 0 bridgehead atoms. The topological polar surface area (TPSA) is 18.5 Å². The highest BCUT2D eigenvalue weighted by Crippen LogP contribution is 2.31. The van der Waals surface area contributed by atoms with Crippen molar-refractivity contribution in [2.45, 2.75) is 18.8 Å². The molecule has 15 heavy (non-hydrogen) atoms. The van der Waals surface area contributed by atoms with E-state index in [4.69, 9.17) is 9.47 Å².